The SMILES string of the molecule is NCCC(=O)N1CCC[C@H]1c1ccc(Br)cc1. The van der Waals surface area contributed by atoms with Crippen molar-refractivity contribution >= 4 is 21.8 Å². The fourth-order valence-corrected chi connectivity index (χ4v) is 2.63. The molecular weight excluding hydrogens is 280 g/mol. The van der Waals surface area contributed by atoms with Crippen LogP contribution in [0.2, 0.25) is 0 Å². The minimum Gasteiger partial charge on any atom is -0.336 e. The van der Waals surface area contributed by atoms with Crippen LogP contribution in [-0.4, -0.2) is 23.9 Å². The van der Waals surface area contributed by atoms with Crippen LogP contribution in [0.25, 0.3) is 0 Å². The highest BCUT2D eigenvalue weighted by Crippen LogP contribution is 2.32. The molecule has 0 bridgehead atoms. The van der Waals surface area contributed by atoms with Crippen LogP contribution in [0.15, 0.2) is 28.7 Å². The fourth-order valence-electron chi connectivity index (χ4n) is 2.36. The van der Waals surface area contributed by atoms with E-state index in [4.69, 9.17) is 5.73 Å². The summed E-state index contributed by atoms with van der Waals surface area (Å²) in [6.45, 7) is 1.29. The molecule has 2 N–H and O–H groups in total. The second-order valence-electron chi connectivity index (χ2n) is 4.34. The smallest absolute Gasteiger partial charge is 0.224 e. The lowest BCUT2D eigenvalue weighted by Crippen LogP contribution is -2.31. The molecular formula is C13H17BrN2O. The van der Waals surface area contributed by atoms with Gasteiger partial charge in [0.25, 0.3) is 0 Å². The highest BCUT2D eigenvalue weighted by atomic mass is 79.9. The number of carbonyl (C=O) groups is 1. The maximum absolute atomic E-state index is 11.9. The van der Waals surface area contributed by atoms with Gasteiger partial charge in [0, 0.05) is 24.0 Å². The van der Waals surface area contributed by atoms with Gasteiger partial charge in [0.1, 0.15) is 0 Å². The second-order valence-corrected chi connectivity index (χ2v) is 5.25. The van der Waals surface area contributed by atoms with Crippen LogP contribution in [0.5, 0.6) is 0 Å². The first-order valence-corrected chi connectivity index (χ1v) is 6.76. The number of rotatable bonds is 3. The van der Waals surface area contributed by atoms with Crippen molar-refractivity contribution in [2.75, 3.05) is 13.1 Å². The van der Waals surface area contributed by atoms with Gasteiger partial charge < -0.3 is 10.6 Å². The predicted molar refractivity (Wildman–Crippen MR) is 71.5 cm³/mol. The number of nitrogens with two attached hydrogens (primary N) is 1. The molecule has 4 heteroatoms. The van der Waals surface area contributed by atoms with E-state index in [9.17, 15) is 4.79 Å². The molecule has 1 aromatic carbocycles. The molecule has 17 heavy (non-hydrogen) atoms. The lowest BCUT2D eigenvalue weighted by atomic mass is 10.0. The minimum absolute atomic E-state index is 0.179. The molecule has 3 nitrogen and oxygen atoms in total. The maximum Gasteiger partial charge on any atom is 0.224 e. The van der Waals surface area contributed by atoms with Crippen LogP contribution in [0, 0.1) is 0 Å². The Morgan fingerprint density at radius 3 is 2.76 bits per heavy atom. The normalized spacial score (nSPS) is 19.6. The molecule has 2 rings (SSSR count). The Bertz CT molecular complexity index is 391. The van der Waals surface area contributed by atoms with Crippen molar-refractivity contribution in [3.05, 3.63) is 34.3 Å². The first-order valence-electron chi connectivity index (χ1n) is 5.97. The number of amides is 1. The minimum atomic E-state index is 0.179. The summed E-state index contributed by atoms with van der Waals surface area (Å²) in [5, 5.41) is 0. The number of benzene rings is 1. The van der Waals surface area contributed by atoms with Gasteiger partial charge in [-0.05, 0) is 30.5 Å². The van der Waals surface area contributed by atoms with Crippen molar-refractivity contribution in [1.29, 1.82) is 0 Å². The quantitative estimate of drug-likeness (QED) is 0.931. The van der Waals surface area contributed by atoms with Gasteiger partial charge in [-0.25, -0.2) is 0 Å². The molecule has 1 atom stereocenters. The molecule has 1 aromatic rings. The van der Waals surface area contributed by atoms with Crippen molar-refractivity contribution in [3.63, 3.8) is 0 Å². The summed E-state index contributed by atoms with van der Waals surface area (Å²) < 4.78 is 1.07. The van der Waals surface area contributed by atoms with E-state index in [0.717, 1.165) is 23.9 Å². The van der Waals surface area contributed by atoms with Crippen LogP contribution < -0.4 is 5.73 Å². The van der Waals surface area contributed by atoms with E-state index >= 15 is 0 Å². The molecule has 1 amide bonds. The van der Waals surface area contributed by atoms with Crippen molar-refractivity contribution in [2.45, 2.75) is 25.3 Å². The summed E-state index contributed by atoms with van der Waals surface area (Å²) in [6.07, 6.45) is 2.59. The lowest BCUT2D eigenvalue weighted by Gasteiger charge is -2.25. The standard InChI is InChI=1S/C13H17BrN2O/c14-11-5-3-10(4-6-11)12-2-1-9-16(12)13(17)7-8-15/h3-6,12H,1-2,7-9,15H2/t12-/m0/s1. The van der Waals surface area contributed by atoms with Crippen LogP contribution in [0.1, 0.15) is 30.9 Å². The maximum atomic E-state index is 11.9. The first kappa shape index (κ1) is 12.6. The summed E-state index contributed by atoms with van der Waals surface area (Å²) in [7, 11) is 0. The van der Waals surface area contributed by atoms with Gasteiger partial charge in [-0.2, -0.15) is 0 Å². The van der Waals surface area contributed by atoms with Crippen molar-refractivity contribution in [1.82, 2.24) is 4.90 Å². The summed E-state index contributed by atoms with van der Waals surface area (Å²) in [6, 6.07) is 8.46. The monoisotopic (exact) mass is 296 g/mol. The van der Waals surface area contributed by atoms with E-state index in [-0.39, 0.29) is 11.9 Å². The van der Waals surface area contributed by atoms with E-state index in [1.54, 1.807) is 0 Å². The molecule has 0 aliphatic carbocycles. The van der Waals surface area contributed by atoms with Crippen molar-refractivity contribution in [2.24, 2.45) is 5.73 Å². The van der Waals surface area contributed by atoms with Crippen LogP contribution in [0.3, 0.4) is 0 Å². The van der Waals surface area contributed by atoms with Gasteiger partial charge in [0.05, 0.1) is 6.04 Å². The van der Waals surface area contributed by atoms with E-state index in [1.165, 1.54) is 5.56 Å². The van der Waals surface area contributed by atoms with Crippen molar-refractivity contribution < 1.29 is 4.79 Å². The van der Waals surface area contributed by atoms with E-state index in [2.05, 4.69) is 28.1 Å². The largest absolute Gasteiger partial charge is 0.336 e. The Labute approximate surface area is 110 Å². The van der Waals surface area contributed by atoms with Gasteiger partial charge >= 0.3 is 0 Å². The molecule has 0 saturated carbocycles. The third-order valence-electron chi connectivity index (χ3n) is 3.19. The summed E-state index contributed by atoms with van der Waals surface area (Å²) in [5.74, 6) is 0.179. The third-order valence-corrected chi connectivity index (χ3v) is 3.71. The van der Waals surface area contributed by atoms with Crippen LogP contribution >= 0.6 is 15.9 Å². The van der Waals surface area contributed by atoms with Gasteiger partial charge in [-0.3, -0.25) is 4.79 Å². The number of hydrogen-bond donors (Lipinski definition) is 1. The number of carbonyl (C=O) groups excluding carboxylic acids is 1. The van der Waals surface area contributed by atoms with Gasteiger partial charge in [0.2, 0.25) is 5.91 Å². The summed E-state index contributed by atoms with van der Waals surface area (Å²) in [5.41, 5.74) is 6.67. The van der Waals surface area contributed by atoms with Gasteiger partial charge in [-0.15, -0.1) is 0 Å². The Kier molecular flexibility index (Phi) is 4.18. The molecule has 0 unspecified atom stereocenters. The topological polar surface area (TPSA) is 46.3 Å². The van der Waals surface area contributed by atoms with E-state index < -0.39 is 0 Å². The number of nitrogens with zero attached hydrogens (tertiary/aromatic N) is 1. The zero-order valence-corrected chi connectivity index (χ0v) is 11.3. The predicted octanol–water partition coefficient (Wildman–Crippen LogP) is 2.46. The Morgan fingerprint density at radius 2 is 2.12 bits per heavy atom. The zero-order valence-electron chi connectivity index (χ0n) is 9.73. The lowest BCUT2D eigenvalue weighted by molar-refractivity contribution is -0.131. The summed E-state index contributed by atoms with van der Waals surface area (Å²) >= 11 is 3.43. The average molecular weight is 297 g/mol. The highest BCUT2D eigenvalue weighted by Gasteiger charge is 2.29. The van der Waals surface area contributed by atoms with Crippen molar-refractivity contribution in [3.8, 4) is 0 Å². The molecule has 1 heterocycles. The molecule has 0 radical (unpaired) electrons. The number of likely N-dealkylation sites (tertiary alicyclic amines) is 1. The van der Waals surface area contributed by atoms with E-state index in [0.29, 0.717) is 13.0 Å². The summed E-state index contributed by atoms with van der Waals surface area (Å²) in [4.78, 5) is 13.9. The highest BCUT2D eigenvalue weighted by molar-refractivity contribution is 9.10. The third kappa shape index (κ3) is 2.87. The fraction of sp³-hybridized carbons (Fsp3) is 0.462. The van der Waals surface area contributed by atoms with Gasteiger partial charge in [-0.1, -0.05) is 28.1 Å². The molecule has 0 aromatic heterocycles. The molecule has 1 saturated heterocycles. The first-order chi connectivity index (χ1) is 8.22. The zero-order chi connectivity index (χ0) is 12.3. The Hall–Kier alpha value is -0.870. The number of halogens is 1. The Morgan fingerprint density at radius 1 is 1.41 bits per heavy atom. The molecule has 1 fully saturated rings. The van der Waals surface area contributed by atoms with Crippen LogP contribution in [0.4, 0.5) is 0 Å². The second kappa shape index (κ2) is 5.65. The molecule has 92 valence electrons. The van der Waals surface area contributed by atoms with Crippen LogP contribution in [-0.2, 0) is 4.79 Å². The van der Waals surface area contributed by atoms with E-state index in [1.807, 2.05) is 17.0 Å². The molecule has 1 aliphatic heterocycles. The van der Waals surface area contributed by atoms with Gasteiger partial charge in [0.15, 0.2) is 0 Å². The number of hydrogen-bond acceptors (Lipinski definition) is 2. The molecule has 1 aliphatic rings. The Balaban J connectivity index is 2.14. The molecule has 0 spiro atoms. The average Bonchev–Trinajstić information content (AvgIpc) is 2.79.